The Morgan fingerprint density at radius 3 is 2.60 bits per heavy atom. The van der Waals surface area contributed by atoms with E-state index in [2.05, 4.69) is 5.32 Å². The fourth-order valence-corrected chi connectivity index (χ4v) is 1.32. The van der Waals surface area contributed by atoms with Crippen molar-refractivity contribution in [1.29, 1.82) is 0 Å². The Balaban J connectivity index is 3.66. The third-order valence-electron chi connectivity index (χ3n) is 2.31. The molecular formula is C11H17NO3. The Kier molecular flexibility index (Phi) is 7.08. The van der Waals surface area contributed by atoms with Crippen LogP contribution in [0.5, 0.6) is 0 Å². The largest absolute Gasteiger partial charge is 0.481 e. The standard InChI is InChI=1S/C11H17NO3/c1-3-9(5-6-11(14)15)7-8-12-10(13)4-2/h2,9H,3,5-8H2,1H3,(H,12,13)(H,14,15). The van der Waals surface area contributed by atoms with Crippen molar-refractivity contribution in [1.82, 2.24) is 5.32 Å². The van der Waals surface area contributed by atoms with Crippen molar-refractivity contribution >= 4 is 11.9 Å². The highest BCUT2D eigenvalue weighted by atomic mass is 16.4. The molecule has 4 heteroatoms. The highest BCUT2D eigenvalue weighted by Gasteiger charge is 2.08. The number of terminal acetylenes is 1. The predicted octanol–water partition coefficient (Wildman–Crippen LogP) is 1.02. The summed E-state index contributed by atoms with van der Waals surface area (Å²) in [4.78, 5) is 21.1. The van der Waals surface area contributed by atoms with Crippen LogP contribution in [0.1, 0.15) is 32.6 Å². The Bertz CT molecular complexity index is 255. The Morgan fingerprint density at radius 2 is 2.13 bits per heavy atom. The first kappa shape index (κ1) is 13.5. The van der Waals surface area contributed by atoms with Gasteiger partial charge in [0.25, 0.3) is 5.91 Å². The molecule has 0 radical (unpaired) electrons. The third kappa shape index (κ3) is 7.56. The minimum atomic E-state index is -0.777. The van der Waals surface area contributed by atoms with Gasteiger partial charge in [0.1, 0.15) is 0 Å². The monoisotopic (exact) mass is 211 g/mol. The van der Waals surface area contributed by atoms with E-state index in [4.69, 9.17) is 11.5 Å². The van der Waals surface area contributed by atoms with Gasteiger partial charge in [-0.3, -0.25) is 9.59 Å². The van der Waals surface area contributed by atoms with Gasteiger partial charge in [-0.25, -0.2) is 0 Å². The number of carbonyl (C=O) groups excluding carboxylic acids is 1. The van der Waals surface area contributed by atoms with Gasteiger partial charge in [-0.05, 0) is 24.7 Å². The van der Waals surface area contributed by atoms with Gasteiger partial charge in [-0.15, -0.1) is 6.42 Å². The summed E-state index contributed by atoms with van der Waals surface area (Å²) >= 11 is 0. The van der Waals surface area contributed by atoms with E-state index in [0.29, 0.717) is 18.9 Å². The van der Waals surface area contributed by atoms with Crippen LogP contribution in [0.2, 0.25) is 0 Å². The van der Waals surface area contributed by atoms with Gasteiger partial charge in [0.2, 0.25) is 0 Å². The second-order valence-corrected chi connectivity index (χ2v) is 3.40. The van der Waals surface area contributed by atoms with Crippen LogP contribution in [0.4, 0.5) is 0 Å². The lowest BCUT2D eigenvalue weighted by Crippen LogP contribution is -2.24. The molecule has 15 heavy (non-hydrogen) atoms. The fourth-order valence-electron chi connectivity index (χ4n) is 1.32. The van der Waals surface area contributed by atoms with Crippen molar-refractivity contribution < 1.29 is 14.7 Å². The first-order chi connectivity index (χ1) is 7.10. The molecule has 0 spiro atoms. The molecule has 84 valence electrons. The first-order valence-electron chi connectivity index (χ1n) is 5.06. The van der Waals surface area contributed by atoms with Crippen LogP contribution in [0.15, 0.2) is 0 Å². The second kappa shape index (κ2) is 7.86. The number of carbonyl (C=O) groups is 2. The molecule has 0 aromatic heterocycles. The van der Waals surface area contributed by atoms with Crippen LogP contribution < -0.4 is 5.32 Å². The number of amides is 1. The van der Waals surface area contributed by atoms with Crippen LogP contribution in [0.25, 0.3) is 0 Å². The van der Waals surface area contributed by atoms with E-state index in [-0.39, 0.29) is 6.42 Å². The number of aliphatic carboxylic acids is 1. The number of hydrogen-bond acceptors (Lipinski definition) is 2. The third-order valence-corrected chi connectivity index (χ3v) is 2.31. The number of hydrogen-bond donors (Lipinski definition) is 2. The van der Waals surface area contributed by atoms with Crippen LogP contribution in [-0.4, -0.2) is 23.5 Å². The van der Waals surface area contributed by atoms with E-state index in [9.17, 15) is 9.59 Å². The van der Waals surface area contributed by atoms with Crippen molar-refractivity contribution in [2.75, 3.05) is 6.54 Å². The molecular weight excluding hydrogens is 194 g/mol. The molecule has 0 aliphatic rings. The molecule has 0 heterocycles. The van der Waals surface area contributed by atoms with Gasteiger partial charge in [-0.2, -0.15) is 0 Å². The lowest BCUT2D eigenvalue weighted by atomic mass is 9.97. The number of carboxylic acids is 1. The molecule has 0 bridgehead atoms. The maximum atomic E-state index is 10.7. The Morgan fingerprint density at radius 1 is 1.47 bits per heavy atom. The molecule has 4 nitrogen and oxygen atoms in total. The molecule has 1 amide bonds. The van der Waals surface area contributed by atoms with Crippen LogP contribution in [0.3, 0.4) is 0 Å². The molecule has 0 rings (SSSR count). The number of nitrogens with one attached hydrogen (secondary N) is 1. The summed E-state index contributed by atoms with van der Waals surface area (Å²) in [7, 11) is 0. The number of carboxylic acid groups (broad SMARTS) is 1. The van der Waals surface area contributed by atoms with Gasteiger partial charge < -0.3 is 10.4 Å². The molecule has 0 saturated heterocycles. The second-order valence-electron chi connectivity index (χ2n) is 3.40. The van der Waals surface area contributed by atoms with Crippen molar-refractivity contribution in [2.24, 2.45) is 5.92 Å². The predicted molar refractivity (Wildman–Crippen MR) is 57.1 cm³/mol. The topological polar surface area (TPSA) is 66.4 Å². The Hall–Kier alpha value is -1.50. The smallest absolute Gasteiger partial charge is 0.303 e. The molecule has 0 aromatic rings. The molecule has 0 aromatic carbocycles. The molecule has 0 aliphatic carbocycles. The average molecular weight is 211 g/mol. The lowest BCUT2D eigenvalue weighted by molar-refractivity contribution is -0.137. The van der Waals surface area contributed by atoms with Crippen molar-refractivity contribution in [3.05, 3.63) is 0 Å². The maximum absolute atomic E-state index is 10.7. The zero-order valence-electron chi connectivity index (χ0n) is 8.95. The van der Waals surface area contributed by atoms with Crippen LogP contribution >= 0.6 is 0 Å². The van der Waals surface area contributed by atoms with Gasteiger partial charge in [0, 0.05) is 13.0 Å². The van der Waals surface area contributed by atoms with E-state index in [0.717, 1.165) is 12.8 Å². The van der Waals surface area contributed by atoms with Crippen molar-refractivity contribution in [2.45, 2.75) is 32.6 Å². The lowest BCUT2D eigenvalue weighted by Gasteiger charge is -2.12. The summed E-state index contributed by atoms with van der Waals surface area (Å²) in [6, 6.07) is 0. The van der Waals surface area contributed by atoms with E-state index in [1.54, 1.807) is 0 Å². The van der Waals surface area contributed by atoms with Crippen LogP contribution in [-0.2, 0) is 9.59 Å². The van der Waals surface area contributed by atoms with Gasteiger partial charge >= 0.3 is 5.97 Å². The van der Waals surface area contributed by atoms with Crippen LogP contribution in [0, 0.1) is 18.3 Å². The Labute approximate surface area is 90.1 Å². The number of rotatable bonds is 7. The minimum absolute atomic E-state index is 0.182. The van der Waals surface area contributed by atoms with E-state index >= 15 is 0 Å². The molecule has 2 N–H and O–H groups in total. The summed E-state index contributed by atoms with van der Waals surface area (Å²) in [5.74, 6) is 1.10. The molecule has 1 unspecified atom stereocenters. The summed E-state index contributed by atoms with van der Waals surface area (Å²) in [6.07, 6.45) is 7.40. The average Bonchev–Trinajstić information content (AvgIpc) is 2.22. The quantitative estimate of drug-likeness (QED) is 0.618. The SMILES string of the molecule is C#CC(=O)NCCC(CC)CCC(=O)O. The normalized spacial score (nSPS) is 11.5. The van der Waals surface area contributed by atoms with Gasteiger partial charge in [-0.1, -0.05) is 13.3 Å². The zero-order chi connectivity index (χ0) is 11.7. The van der Waals surface area contributed by atoms with E-state index in [1.165, 1.54) is 0 Å². The highest BCUT2D eigenvalue weighted by molar-refractivity contribution is 5.92. The highest BCUT2D eigenvalue weighted by Crippen LogP contribution is 2.14. The van der Waals surface area contributed by atoms with E-state index < -0.39 is 11.9 Å². The maximum Gasteiger partial charge on any atom is 0.303 e. The zero-order valence-corrected chi connectivity index (χ0v) is 8.95. The first-order valence-corrected chi connectivity index (χ1v) is 5.06. The van der Waals surface area contributed by atoms with Crippen molar-refractivity contribution in [3.8, 4) is 12.3 Å². The summed E-state index contributed by atoms with van der Waals surface area (Å²) in [5, 5.41) is 11.1. The summed E-state index contributed by atoms with van der Waals surface area (Å²) in [6.45, 7) is 2.52. The van der Waals surface area contributed by atoms with Crippen molar-refractivity contribution in [3.63, 3.8) is 0 Å². The van der Waals surface area contributed by atoms with Gasteiger partial charge in [0.05, 0.1) is 0 Å². The summed E-state index contributed by atoms with van der Waals surface area (Å²) in [5.41, 5.74) is 0. The molecule has 0 fully saturated rings. The minimum Gasteiger partial charge on any atom is -0.481 e. The van der Waals surface area contributed by atoms with Gasteiger partial charge in [0.15, 0.2) is 0 Å². The molecule has 0 aliphatic heterocycles. The molecule has 0 saturated carbocycles. The summed E-state index contributed by atoms with van der Waals surface area (Å²) < 4.78 is 0. The van der Waals surface area contributed by atoms with E-state index in [1.807, 2.05) is 12.8 Å². The molecule has 1 atom stereocenters. The fraction of sp³-hybridized carbons (Fsp3) is 0.636.